The number of aliphatic hydroxyl groups is 1. The highest BCUT2D eigenvalue weighted by molar-refractivity contribution is 7.92. The van der Waals surface area contributed by atoms with Gasteiger partial charge >= 0.3 is 0 Å². The lowest BCUT2D eigenvalue weighted by Crippen LogP contribution is -2.26. The quantitative estimate of drug-likeness (QED) is 0.413. The van der Waals surface area contributed by atoms with Crippen molar-refractivity contribution in [2.75, 3.05) is 30.6 Å². The predicted octanol–water partition coefficient (Wildman–Crippen LogP) is 4.41. The highest BCUT2D eigenvalue weighted by atomic mass is 32.2. The van der Waals surface area contributed by atoms with E-state index in [-0.39, 0.29) is 6.42 Å². The zero-order valence-corrected chi connectivity index (χ0v) is 17.7. The number of aliphatic hydroxyl groups excluding tert-OH is 1. The zero-order valence-electron chi connectivity index (χ0n) is 16.9. The van der Waals surface area contributed by atoms with Crippen LogP contribution in [0.3, 0.4) is 0 Å². The van der Waals surface area contributed by atoms with Crippen LogP contribution in [0.2, 0.25) is 0 Å². The molecule has 1 atom stereocenters. The van der Waals surface area contributed by atoms with Gasteiger partial charge in [0.1, 0.15) is 0 Å². The van der Waals surface area contributed by atoms with Crippen LogP contribution in [0.1, 0.15) is 63.5 Å². The zero-order chi connectivity index (χ0) is 21.0. The summed E-state index contributed by atoms with van der Waals surface area (Å²) < 4.78 is 49.0. The van der Waals surface area contributed by atoms with Crippen LogP contribution in [-0.2, 0) is 10.0 Å². The molecule has 28 heavy (non-hydrogen) atoms. The molecule has 5 nitrogen and oxygen atoms in total. The van der Waals surface area contributed by atoms with E-state index in [9.17, 15) is 22.3 Å². The predicted molar refractivity (Wildman–Crippen MR) is 110 cm³/mol. The van der Waals surface area contributed by atoms with Crippen LogP contribution >= 0.6 is 0 Å². The molecule has 0 heterocycles. The number of sulfonamides is 1. The third-order valence-corrected chi connectivity index (χ3v) is 5.25. The fourth-order valence-corrected chi connectivity index (χ4v) is 3.64. The minimum absolute atomic E-state index is 0.000674. The minimum Gasteiger partial charge on any atom is -0.388 e. The normalized spacial score (nSPS) is 13.2. The van der Waals surface area contributed by atoms with Gasteiger partial charge in [-0.05, 0) is 63.0 Å². The molecule has 0 aliphatic carbocycles. The highest BCUT2D eigenvalue weighted by Crippen LogP contribution is 2.21. The molecule has 0 bridgehead atoms. The number of rotatable bonds is 15. The molecule has 0 aromatic heterocycles. The van der Waals surface area contributed by atoms with E-state index in [1.54, 1.807) is 24.3 Å². The first kappa shape index (κ1) is 24.8. The van der Waals surface area contributed by atoms with Crippen molar-refractivity contribution in [2.24, 2.45) is 0 Å². The summed E-state index contributed by atoms with van der Waals surface area (Å²) in [7, 11) is -3.31. The Morgan fingerprint density at radius 3 is 2.18 bits per heavy atom. The molecule has 1 aromatic rings. The fraction of sp³-hybridized carbons (Fsp3) is 0.700. The van der Waals surface area contributed by atoms with Gasteiger partial charge in [-0.2, -0.15) is 0 Å². The van der Waals surface area contributed by atoms with Crippen LogP contribution in [0.25, 0.3) is 0 Å². The van der Waals surface area contributed by atoms with E-state index in [0.29, 0.717) is 18.5 Å². The second-order valence-electron chi connectivity index (χ2n) is 7.18. The molecule has 162 valence electrons. The van der Waals surface area contributed by atoms with E-state index in [1.807, 2.05) is 0 Å². The summed E-state index contributed by atoms with van der Waals surface area (Å²) in [5.41, 5.74) is 1.24. The summed E-state index contributed by atoms with van der Waals surface area (Å²) in [6.45, 7) is 4.87. The minimum atomic E-state index is -3.31. The maximum Gasteiger partial charge on any atom is 0.238 e. The molecule has 0 amide bonds. The maximum absolute atomic E-state index is 12.1. The van der Waals surface area contributed by atoms with Crippen molar-refractivity contribution in [1.29, 1.82) is 0 Å². The van der Waals surface area contributed by atoms with Crippen molar-refractivity contribution in [3.05, 3.63) is 29.8 Å². The standard InChI is InChI=1S/C20H34F2N2O3S/c1-3-24(15-7-5-4-6-10-20(21)22)16-8-9-19(25)17-11-13-18(14-12-17)23-28(2,26)27/h11-14,19-20,23,25H,3-10,15-16H2,1-2H3/t19-/m0/s1. The monoisotopic (exact) mass is 420 g/mol. The molecule has 0 fully saturated rings. The number of nitrogens with zero attached hydrogens (tertiary/aromatic N) is 1. The first-order valence-corrected chi connectivity index (χ1v) is 11.9. The molecule has 0 saturated carbocycles. The summed E-state index contributed by atoms with van der Waals surface area (Å²) in [6, 6.07) is 6.75. The van der Waals surface area contributed by atoms with E-state index >= 15 is 0 Å². The van der Waals surface area contributed by atoms with Gasteiger partial charge in [0.15, 0.2) is 0 Å². The van der Waals surface area contributed by atoms with Crippen LogP contribution < -0.4 is 4.72 Å². The Bertz CT molecular complexity index is 639. The van der Waals surface area contributed by atoms with Crippen LogP contribution in [0.5, 0.6) is 0 Å². The van der Waals surface area contributed by atoms with Gasteiger partial charge in [0.2, 0.25) is 16.4 Å². The SMILES string of the molecule is CCN(CCCCCCC(F)F)CCC[C@H](O)c1ccc(NS(C)(=O)=O)cc1. The molecule has 0 unspecified atom stereocenters. The summed E-state index contributed by atoms with van der Waals surface area (Å²) in [4.78, 5) is 2.32. The first-order chi connectivity index (χ1) is 13.2. The maximum atomic E-state index is 12.1. The largest absolute Gasteiger partial charge is 0.388 e. The lowest BCUT2D eigenvalue weighted by atomic mass is 10.0. The van der Waals surface area contributed by atoms with Crippen molar-refractivity contribution in [3.63, 3.8) is 0 Å². The van der Waals surface area contributed by atoms with E-state index in [0.717, 1.165) is 57.1 Å². The molecule has 1 aromatic carbocycles. The second-order valence-corrected chi connectivity index (χ2v) is 8.93. The Balaban J connectivity index is 2.26. The number of halogens is 2. The van der Waals surface area contributed by atoms with E-state index in [1.165, 1.54) is 0 Å². The van der Waals surface area contributed by atoms with E-state index < -0.39 is 22.6 Å². The third kappa shape index (κ3) is 11.6. The van der Waals surface area contributed by atoms with Gasteiger partial charge in [0.25, 0.3) is 0 Å². The van der Waals surface area contributed by atoms with Crippen molar-refractivity contribution in [2.45, 2.75) is 64.4 Å². The van der Waals surface area contributed by atoms with Crippen molar-refractivity contribution in [3.8, 4) is 0 Å². The Hall–Kier alpha value is -1.25. The molecule has 2 N–H and O–H groups in total. The number of hydrogen-bond donors (Lipinski definition) is 2. The third-order valence-electron chi connectivity index (χ3n) is 4.64. The van der Waals surface area contributed by atoms with Crippen molar-refractivity contribution >= 4 is 15.7 Å². The highest BCUT2D eigenvalue weighted by Gasteiger charge is 2.10. The summed E-state index contributed by atoms with van der Waals surface area (Å²) >= 11 is 0. The number of alkyl halides is 2. The number of nitrogens with one attached hydrogen (secondary N) is 1. The number of unbranched alkanes of at least 4 members (excludes halogenated alkanes) is 3. The molecule has 0 saturated heterocycles. The van der Waals surface area contributed by atoms with Gasteiger partial charge in [0.05, 0.1) is 12.4 Å². The lowest BCUT2D eigenvalue weighted by Gasteiger charge is -2.21. The smallest absolute Gasteiger partial charge is 0.238 e. The Kier molecular flexibility index (Phi) is 11.6. The molecule has 0 spiro atoms. The molecule has 8 heteroatoms. The average Bonchev–Trinajstić information content (AvgIpc) is 2.61. The van der Waals surface area contributed by atoms with Gasteiger partial charge in [-0.1, -0.05) is 31.9 Å². The lowest BCUT2D eigenvalue weighted by molar-refractivity contribution is 0.133. The Morgan fingerprint density at radius 1 is 1.00 bits per heavy atom. The number of anilines is 1. The van der Waals surface area contributed by atoms with Crippen molar-refractivity contribution in [1.82, 2.24) is 4.90 Å². The molecular weight excluding hydrogens is 386 g/mol. The second kappa shape index (κ2) is 13.1. The molecule has 0 radical (unpaired) electrons. The number of benzene rings is 1. The van der Waals surface area contributed by atoms with E-state index in [2.05, 4.69) is 16.5 Å². The van der Waals surface area contributed by atoms with Crippen LogP contribution in [0, 0.1) is 0 Å². The molecular formula is C20H34F2N2O3S. The fourth-order valence-electron chi connectivity index (χ4n) is 3.08. The Morgan fingerprint density at radius 2 is 1.61 bits per heavy atom. The topological polar surface area (TPSA) is 69.6 Å². The van der Waals surface area contributed by atoms with Gasteiger partial charge in [-0.25, -0.2) is 17.2 Å². The average molecular weight is 421 g/mol. The Labute approximate surface area is 168 Å². The van der Waals surface area contributed by atoms with Crippen LogP contribution in [-0.4, -0.2) is 50.7 Å². The van der Waals surface area contributed by atoms with Crippen LogP contribution in [0.15, 0.2) is 24.3 Å². The van der Waals surface area contributed by atoms with Crippen LogP contribution in [0.4, 0.5) is 14.5 Å². The molecule has 0 aliphatic rings. The van der Waals surface area contributed by atoms with Crippen molar-refractivity contribution < 1.29 is 22.3 Å². The first-order valence-electron chi connectivity index (χ1n) is 9.97. The molecule has 0 aliphatic heterocycles. The summed E-state index contributed by atoms with van der Waals surface area (Å²) in [6.07, 6.45) is 3.23. The van der Waals surface area contributed by atoms with Gasteiger partial charge in [-0.15, -0.1) is 0 Å². The molecule has 1 rings (SSSR count). The van der Waals surface area contributed by atoms with Gasteiger partial charge in [0, 0.05) is 12.1 Å². The van der Waals surface area contributed by atoms with Gasteiger partial charge < -0.3 is 10.0 Å². The number of hydrogen-bond acceptors (Lipinski definition) is 4. The van der Waals surface area contributed by atoms with E-state index in [4.69, 9.17) is 0 Å². The van der Waals surface area contributed by atoms with Gasteiger partial charge in [-0.3, -0.25) is 4.72 Å². The summed E-state index contributed by atoms with van der Waals surface area (Å²) in [5, 5.41) is 10.3. The summed E-state index contributed by atoms with van der Waals surface area (Å²) in [5.74, 6) is 0.